The number of carbonyl (C=O) groups is 1. The molecule has 0 amide bonds. The minimum absolute atomic E-state index is 0.704. The quantitative estimate of drug-likeness (QED) is 0.298. The zero-order chi connectivity index (χ0) is 11.0. The maximum absolute atomic E-state index is 8.00. The number of rotatable bonds is 1. The second-order valence-electron chi connectivity index (χ2n) is 2.58. The Hall–Kier alpha value is -1.68. The molecule has 0 aliphatic rings. The number of nitrogens with two attached hydrogens (primary N) is 1. The first-order valence-corrected chi connectivity index (χ1v) is 4.07. The van der Waals surface area contributed by atoms with Crippen molar-refractivity contribution in [2.45, 2.75) is 6.92 Å². The van der Waals surface area contributed by atoms with E-state index in [9.17, 15) is 0 Å². The lowest BCUT2D eigenvalue weighted by Gasteiger charge is -2.03. The smallest absolute Gasteiger partial charge is 0.142 e. The molecule has 14 heavy (non-hydrogen) atoms. The Morgan fingerprint density at radius 1 is 1.36 bits per heavy atom. The number of aliphatic imine (C=N–C) groups is 1. The van der Waals surface area contributed by atoms with Crippen molar-refractivity contribution in [3.63, 3.8) is 0 Å². The van der Waals surface area contributed by atoms with Crippen LogP contribution in [0.4, 0.5) is 0 Å². The minimum Gasteiger partial charge on any atom is -0.308 e. The van der Waals surface area contributed by atoms with Crippen LogP contribution in [-0.2, 0) is 4.79 Å². The van der Waals surface area contributed by atoms with E-state index < -0.39 is 0 Å². The maximum Gasteiger partial charge on any atom is 0.142 e. The molecule has 0 aliphatic heterocycles. The fourth-order valence-corrected chi connectivity index (χ4v) is 0.988. The van der Waals surface area contributed by atoms with E-state index >= 15 is 0 Å². The fourth-order valence-electron chi connectivity index (χ4n) is 0.988. The molecule has 0 unspecified atom stereocenters. The number of nitrogens with one attached hydrogen (secondary N) is 1. The Morgan fingerprint density at radius 3 is 2.21 bits per heavy atom. The van der Waals surface area contributed by atoms with E-state index in [0.717, 1.165) is 5.56 Å². The van der Waals surface area contributed by atoms with Crippen LogP contribution in [0.25, 0.3) is 0 Å². The first-order valence-electron chi connectivity index (χ1n) is 4.07. The van der Waals surface area contributed by atoms with Gasteiger partial charge in [0.2, 0.25) is 0 Å². The SMILES string of the molecule is C=O.CN=C(NN)c1ccc(C)cc1. The standard InChI is InChI=1S/C9H13N3.CH2O/c1-7-3-5-8(6-4-7)9(11-2)12-10;1-2/h3-6H,10H2,1-2H3,(H,11,12);1H2. The lowest BCUT2D eigenvalue weighted by molar-refractivity contribution is -0.0979. The number of aryl methyl sites for hydroxylation is 1. The van der Waals surface area contributed by atoms with Gasteiger partial charge in [0.1, 0.15) is 12.6 Å². The van der Waals surface area contributed by atoms with Crippen molar-refractivity contribution in [3.05, 3.63) is 35.4 Å². The lowest BCUT2D eigenvalue weighted by Crippen LogP contribution is -2.30. The molecule has 0 spiro atoms. The van der Waals surface area contributed by atoms with Gasteiger partial charge in [-0.05, 0) is 6.92 Å². The van der Waals surface area contributed by atoms with Crippen LogP contribution in [-0.4, -0.2) is 19.7 Å². The average molecular weight is 193 g/mol. The van der Waals surface area contributed by atoms with Crippen LogP contribution in [0.15, 0.2) is 29.3 Å². The summed E-state index contributed by atoms with van der Waals surface area (Å²) in [6.07, 6.45) is 0. The average Bonchev–Trinajstić information content (AvgIpc) is 2.25. The third-order valence-electron chi connectivity index (χ3n) is 1.69. The van der Waals surface area contributed by atoms with E-state index in [1.54, 1.807) is 7.05 Å². The van der Waals surface area contributed by atoms with Gasteiger partial charge < -0.3 is 10.2 Å². The Kier molecular flexibility index (Phi) is 5.98. The van der Waals surface area contributed by atoms with Gasteiger partial charge in [0, 0.05) is 12.6 Å². The van der Waals surface area contributed by atoms with Crippen LogP contribution in [0.5, 0.6) is 0 Å². The predicted molar refractivity (Wildman–Crippen MR) is 58.1 cm³/mol. The fraction of sp³-hybridized carbons (Fsp3) is 0.200. The molecule has 4 heteroatoms. The van der Waals surface area contributed by atoms with E-state index in [-0.39, 0.29) is 0 Å². The Morgan fingerprint density at radius 2 is 1.86 bits per heavy atom. The molecule has 0 saturated heterocycles. The first kappa shape index (κ1) is 12.3. The van der Waals surface area contributed by atoms with Crippen molar-refractivity contribution >= 4 is 12.6 Å². The molecule has 1 rings (SSSR count). The highest BCUT2D eigenvalue weighted by Crippen LogP contribution is 2.02. The van der Waals surface area contributed by atoms with Crippen LogP contribution in [0.2, 0.25) is 0 Å². The Balaban J connectivity index is 0.000000791. The summed E-state index contributed by atoms with van der Waals surface area (Å²) in [5.74, 6) is 5.98. The van der Waals surface area contributed by atoms with Gasteiger partial charge in [-0.2, -0.15) is 0 Å². The van der Waals surface area contributed by atoms with E-state index in [0.29, 0.717) is 5.84 Å². The zero-order valence-electron chi connectivity index (χ0n) is 8.45. The molecule has 76 valence electrons. The molecule has 0 aliphatic carbocycles. The van der Waals surface area contributed by atoms with Crippen LogP contribution >= 0.6 is 0 Å². The van der Waals surface area contributed by atoms with Gasteiger partial charge in [0.15, 0.2) is 0 Å². The highest BCUT2D eigenvalue weighted by molar-refractivity contribution is 5.98. The topological polar surface area (TPSA) is 67.5 Å². The summed E-state index contributed by atoms with van der Waals surface area (Å²) in [6, 6.07) is 8.02. The third-order valence-corrected chi connectivity index (χ3v) is 1.69. The molecule has 1 aromatic rings. The highest BCUT2D eigenvalue weighted by Gasteiger charge is 1.97. The summed E-state index contributed by atoms with van der Waals surface area (Å²) in [4.78, 5) is 12.0. The largest absolute Gasteiger partial charge is 0.308 e. The molecule has 3 N–H and O–H groups in total. The van der Waals surface area contributed by atoms with Gasteiger partial charge in [-0.25, -0.2) is 5.84 Å². The van der Waals surface area contributed by atoms with Gasteiger partial charge in [0.25, 0.3) is 0 Å². The number of amidine groups is 1. The van der Waals surface area contributed by atoms with Gasteiger partial charge in [-0.15, -0.1) is 0 Å². The van der Waals surface area contributed by atoms with Crippen LogP contribution in [0, 0.1) is 6.92 Å². The second-order valence-corrected chi connectivity index (χ2v) is 2.58. The van der Waals surface area contributed by atoms with Crippen molar-refractivity contribution in [1.29, 1.82) is 0 Å². The molecule has 0 fully saturated rings. The van der Waals surface area contributed by atoms with Gasteiger partial charge in [-0.3, -0.25) is 4.99 Å². The minimum atomic E-state index is 0.704. The number of hydrazine groups is 1. The van der Waals surface area contributed by atoms with Gasteiger partial charge in [-0.1, -0.05) is 29.8 Å². The van der Waals surface area contributed by atoms with Crippen LogP contribution in [0.1, 0.15) is 11.1 Å². The van der Waals surface area contributed by atoms with E-state index in [4.69, 9.17) is 10.6 Å². The zero-order valence-corrected chi connectivity index (χ0v) is 8.45. The number of nitrogens with zero attached hydrogens (tertiary/aromatic N) is 1. The summed E-state index contributed by atoms with van der Waals surface area (Å²) in [5, 5.41) is 0. The summed E-state index contributed by atoms with van der Waals surface area (Å²) in [6.45, 7) is 4.04. The molecule has 0 heterocycles. The maximum atomic E-state index is 8.00. The molecule has 0 aromatic heterocycles. The molecular formula is C10H15N3O. The number of hydrogen-bond acceptors (Lipinski definition) is 3. The molecule has 0 bridgehead atoms. The van der Waals surface area contributed by atoms with Gasteiger partial charge in [0.05, 0.1) is 0 Å². The molecule has 0 saturated carbocycles. The van der Waals surface area contributed by atoms with Crippen molar-refractivity contribution in [3.8, 4) is 0 Å². The second kappa shape index (κ2) is 6.80. The summed E-state index contributed by atoms with van der Waals surface area (Å²) in [7, 11) is 1.70. The summed E-state index contributed by atoms with van der Waals surface area (Å²) < 4.78 is 0. The number of benzene rings is 1. The summed E-state index contributed by atoms with van der Waals surface area (Å²) in [5.41, 5.74) is 4.77. The molecule has 4 nitrogen and oxygen atoms in total. The number of hydrogen-bond donors (Lipinski definition) is 2. The predicted octanol–water partition coefficient (Wildman–Crippen LogP) is 0.650. The summed E-state index contributed by atoms with van der Waals surface area (Å²) >= 11 is 0. The highest BCUT2D eigenvalue weighted by atomic mass is 16.1. The van der Waals surface area contributed by atoms with Crippen molar-refractivity contribution < 1.29 is 4.79 Å². The normalized spacial score (nSPS) is 10.1. The monoisotopic (exact) mass is 193 g/mol. The molecule has 1 aromatic carbocycles. The van der Waals surface area contributed by atoms with Crippen molar-refractivity contribution in [1.82, 2.24) is 5.43 Å². The van der Waals surface area contributed by atoms with E-state index in [1.807, 2.05) is 38.0 Å². The Bertz CT molecular complexity index is 293. The lowest BCUT2D eigenvalue weighted by atomic mass is 10.1. The molecular weight excluding hydrogens is 178 g/mol. The van der Waals surface area contributed by atoms with Crippen LogP contribution < -0.4 is 11.3 Å². The number of carbonyl (C=O) groups excluding carboxylic acids is 1. The Labute approximate surface area is 83.8 Å². The van der Waals surface area contributed by atoms with Crippen LogP contribution in [0.3, 0.4) is 0 Å². The molecule has 0 radical (unpaired) electrons. The van der Waals surface area contributed by atoms with Crippen molar-refractivity contribution in [2.75, 3.05) is 7.05 Å². The van der Waals surface area contributed by atoms with Crippen molar-refractivity contribution in [2.24, 2.45) is 10.8 Å². The van der Waals surface area contributed by atoms with Gasteiger partial charge >= 0.3 is 0 Å². The van der Waals surface area contributed by atoms with E-state index in [2.05, 4.69) is 10.4 Å². The van der Waals surface area contributed by atoms with E-state index in [1.165, 1.54) is 5.56 Å². The third kappa shape index (κ3) is 3.37. The first-order chi connectivity index (χ1) is 6.77. The molecule has 0 atom stereocenters.